The van der Waals surface area contributed by atoms with Gasteiger partial charge in [0.2, 0.25) is 11.8 Å². The first kappa shape index (κ1) is 20.6. The Hall–Kier alpha value is -2.70. The molecule has 0 aromatic heterocycles. The second-order valence-electron chi connectivity index (χ2n) is 8.77. The summed E-state index contributed by atoms with van der Waals surface area (Å²) in [5.41, 5.74) is 5.99. The second kappa shape index (κ2) is 8.58. The molecule has 0 radical (unpaired) electrons. The zero-order valence-corrected chi connectivity index (χ0v) is 17.2. The summed E-state index contributed by atoms with van der Waals surface area (Å²) in [6, 6.07) is 5.36. The lowest BCUT2D eigenvalue weighted by atomic mass is 9.86. The van der Waals surface area contributed by atoms with Crippen LogP contribution in [0.5, 0.6) is 0 Å². The molecule has 2 N–H and O–H groups in total. The SMILES string of the molecule is NC(=O)c1ccc(C(=O)N2CC(=O)C3C2CCN3C(=O)CCC2CCCCC2)cc1. The molecular weight excluding hydrogens is 382 g/mol. The number of Topliss-reactive ketones (excluding diaryl/α,β-unsaturated/α-hetero) is 1. The van der Waals surface area contributed by atoms with Crippen molar-refractivity contribution < 1.29 is 19.2 Å². The maximum Gasteiger partial charge on any atom is 0.254 e. The molecule has 2 aliphatic heterocycles. The smallest absolute Gasteiger partial charge is 0.254 e. The standard InChI is InChI=1S/C23H29N3O4/c24-22(29)16-7-9-17(10-8-16)23(30)26-14-19(27)21-18(26)12-13-25(21)20(28)11-6-15-4-2-1-3-5-15/h7-10,15,18,21H,1-6,11-14H2,(H2,24,29). The number of likely N-dealkylation sites (tertiary alicyclic amines) is 2. The van der Waals surface area contributed by atoms with Crippen molar-refractivity contribution in [3.8, 4) is 0 Å². The summed E-state index contributed by atoms with van der Waals surface area (Å²) in [4.78, 5) is 53.1. The van der Waals surface area contributed by atoms with Crippen LogP contribution in [-0.4, -0.2) is 58.5 Å². The van der Waals surface area contributed by atoms with E-state index in [1.54, 1.807) is 21.9 Å². The number of fused-ring (bicyclic) bond motifs is 1. The lowest BCUT2D eigenvalue weighted by Crippen LogP contribution is -2.43. The minimum Gasteiger partial charge on any atom is -0.366 e. The summed E-state index contributed by atoms with van der Waals surface area (Å²) in [7, 11) is 0. The Labute approximate surface area is 176 Å². The van der Waals surface area contributed by atoms with E-state index in [4.69, 9.17) is 5.73 Å². The van der Waals surface area contributed by atoms with Gasteiger partial charge in [-0.25, -0.2) is 0 Å². The van der Waals surface area contributed by atoms with Gasteiger partial charge in [0.25, 0.3) is 5.91 Å². The molecule has 3 fully saturated rings. The highest BCUT2D eigenvalue weighted by atomic mass is 16.2. The highest BCUT2D eigenvalue weighted by Crippen LogP contribution is 2.33. The van der Waals surface area contributed by atoms with Crippen molar-refractivity contribution in [2.45, 2.75) is 63.5 Å². The molecular formula is C23H29N3O4. The number of primary amides is 1. The second-order valence-corrected chi connectivity index (χ2v) is 8.77. The quantitative estimate of drug-likeness (QED) is 0.802. The van der Waals surface area contributed by atoms with Crippen LogP contribution in [0, 0.1) is 5.92 Å². The van der Waals surface area contributed by atoms with E-state index in [2.05, 4.69) is 0 Å². The van der Waals surface area contributed by atoms with Gasteiger partial charge >= 0.3 is 0 Å². The Morgan fingerprint density at radius 2 is 1.60 bits per heavy atom. The van der Waals surface area contributed by atoms with Crippen molar-refractivity contribution in [1.82, 2.24) is 9.80 Å². The van der Waals surface area contributed by atoms with Gasteiger partial charge in [-0.05, 0) is 43.0 Å². The first-order valence-corrected chi connectivity index (χ1v) is 11.0. The molecule has 0 bridgehead atoms. The van der Waals surface area contributed by atoms with Gasteiger partial charge in [0, 0.05) is 24.1 Å². The van der Waals surface area contributed by atoms with Gasteiger partial charge in [-0.1, -0.05) is 32.1 Å². The molecule has 2 atom stereocenters. The number of nitrogens with two attached hydrogens (primary N) is 1. The largest absolute Gasteiger partial charge is 0.366 e. The van der Waals surface area contributed by atoms with E-state index in [-0.39, 0.29) is 30.2 Å². The molecule has 0 spiro atoms. The average molecular weight is 412 g/mol. The Morgan fingerprint density at radius 3 is 2.27 bits per heavy atom. The van der Waals surface area contributed by atoms with Crippen molar-refractivity contribution in [2.24, 2.45) is 11.7 Å². The molecule has 2 saturated heterocycles. The number of hydrogen-bond donors (Lipinski definition) is 1. The van der Waals surface area contributed by atoms with E-state index < -0.39 is 11.9 Å². The van der Waals surface area contributed by atoms with Gasteiger partial charge < -0.3 is 15.5 Å². The van der Waals surface area contributed by atoms with Crippen molar-refractivity contribution >= 4 is 23.5 Å². The summed E-state index contributed by atoms with van der Waals surface area (Å²) < 4.78 is 0. The summed E-state index contributed by atoms with van der Waals surface area (Å²) in [6.45, 7) is 0.549. The molecule has 7 heteroatoms. The fourth-order valence-electron chi connectivity index (χ4n) is 5.26. The zero-order chi connectivity index (χ0) is 21.3. The first-order valence-electron chi connectivity index (χ1n) is 11.0. The van der Waals surface area contributed by atoms with Crippen LogP contribution >= 0.6 is 0 Å². The van der Waals surface area contributed by atoms with E-state index in [9.17, 15) is 19.2 Å². The molecule has 1 saturated carbocycles. The maximum absolute atomic E-state index is 13.0. The number of nitrogens with zero attached hydrogens (tertiary/aromatic N) is 2. The van der Waals surface area contributed by atoms with Crippen LogP contribution in [0.25, 0.3) is 0 Å². The minimum atomic E-state index is -0.552. The van der Waals surface area contributed by atoms with Crippen LogP contribution in [0.3, 0.4) is 0 Å². The van der Waals surface area contributed by atoms with Crippen molar-refractivity contribution in [3.05, 3.63) is 35.4 Å². The third-order valence-corrected chi connectivity index (χ3v) is 6.91. The lowest BCUT2D eigenvalue weighted by molar-refractivity contribution is -0.136. The van der Waals surface area contributed by atoms with E-state index in [1.807, 2.05) is 0 Å². The van der Waals surface area contributed by atoms with Crippen molar-refractivity contribution in [3.63, 3.8) is 0 Å². The van der Waals surface area contributed by atoms with Gasteiger partial charge in [0.05, 0.1) is 12.6 Å². The predicted molar refractivity (Wildman–Crippen MR) is 111 cm³/mol. The molecule has 1 aromatic carbocycles. The molecule has 4 rings (SSSR count). The van der Waals surface area contributed by atoms with E-state index in [1.165, 1.54) is 44.2 Å². The normalized spacial score (nSPS) is 24.2. The molecule has 7 nitrogen and oxygen atoms in total. The third-order valence-electron chi connectivity index (χ3n) is 6.91. The fraction of sp³-hybridized carbons (Fsp3) is 0.565. The van der Waals surface area contributed by atoms with Crippen LogP contribution in [0.1, 0.15) is 72.1 Å². The van der Waals surface area contributed by atoms with Crippen LogP contribution in [-0.2, 0) is 9.59 Å². The Bertz CT molecular complexity index is 845. The monoisotopic (exact) mass is 411 g/mol. The summed E-state index contributed by atoms with van der Waals surface area (Å²) >= 11 is 0. The predicted octanol–water partition coefficient (Wildman–Crippen LogP) is 2.14. The Kier molecular flexibility index (Phi) is 5.88. The molecule has 30 heavy (non-hydrogen) atoms. The van der Waals surface area contributed by atoms with Crippen LogP contribution in [0.15, 0.2) is 24.3 Å². The van der Waals surface area contributed by atoms with Gasteiger partial charge in [0.1, 0.15) is 6.04 Å². The number of carbonyl (C=O) groups is 4. The Morgan fingerprint density at radius 1 is 0.933 bits per heavy atom. The summed E-state index contributed by atoms with van der Waals surface area (Å²) in [5, 5.41) is 0. The lowest BCUT2D eigenvalue weighted by Gasteiger charge is -2.26. The molecule has 1 aromatic rings. The molecule has 1 aliphatic carbocycles. The number of rotatable bonds is 5. The molecule has 2 unspecified atom stereocenters. The Balaban J connectivity index is 1.40. The molecule has 3 aliphatic rings. The van der Waals surface area contributed by atoms with Crippen LogP contribution < -0.4 is 5.73 Å². The van der Waals surface area contributed by atoms with Crippen molar-refractivity contribution in [1.29, 1.82) is 0 Å². The number of hydrogen-bond acceptors (Lipinski definition) is 4. The highest BCUT2D eigenvalue weighted by molar-refractivity contribution is 6.03. The highest BCUT2D eigenvalue weighted by Gasteiger charge is 2.51. The van der Waals surface area contributed by atoms with Gasteiger partial charge in [-0.15, -0.1) is 0 Å². The summed E-state index contributed by atoms with van der Waals surface area (Å²) in [5.74, 6) is -0.194. The zero-order valence-electron chi connectivity index (χ0n) is 17.2. The first-order chi connectivity index (χ1) is 14.5. The van der Waals surface area contributed by atoms with E-state index in [0.717, 1.165) is 6.42 Å². The van der Waals surface area contributed by atoms with E-state index >= 15 is 0 Å². The number of benzene rings is 1. The number of ketones is 1. The number of amides is 3. The maximum atomic E-state index is 13.0. The molecule has 160 valence electrons. The van der Waals surface area contributed by atoms with Crippen LogP contribution in [0.2, 0.25) is 0 Å². The minimum absolute atomic E-state index is 0.0259. The average Bonchev–Trinajstić information content (AvgIpc) is 3.34. The van der Waals surface area contributed by atoms with Gasteiger partial charge in [0.15, 0.2) is 5.78 Å². The fourth-order valence-corrected chi connectivity index (χ4v) is 5.26. The van der Waals surface area contributed by atoms with Gasteiger partial charge in [-0.3, -0.25) is 19.2 Å². The topological polar surface area (TPSA) is 101 Å². The summed E-state index contributed by atoms with van der Waals surface area (Å²) in [6.07, 6.45) is 8.22. The van der Waals surface area contributed by atoms with Crippen LogP contribution in [0.4, 0.5) is 0 Å². The third kappa shape index (κ3) is 3.98. The molecule has 2 heterocycles. The molecule has 3 amide bonds. The van der Waals surface area contributed by atoms with E-state index in [0.29, 0.717) is 36.4 Å². The van der Waals surface area contributed by atoms with Crippen molar-refractivity contribution in [2.75, 3.05) is 13.1 Å². The van der Waals surface area contributed by atoms with Gasteiger partial charge in [-0.2, -0.15) is 0 Å². The number of carbonyl (C=O) groups excluding carboxylic acids is 4.